The van der Waals surface area contributed by atoms with Crippen molar-refractivity contribution >= 4 is 41.0 Å². The lowest BCUT2D eigenvalue weighted by molar-refractivity contribution is 0.0941. The fourth-order valence-corrected chi connectivity index (χ4v) is 4.65. The number of amides is 1. The van der Waals surface area contributed by atoms with Crippen molar-refractivity contribution in [2.45, 2.75) is 27.2 Å². The number of nitrogens with one attached hydrogen (secondary N) is 1. The molecule has 0 aliphatic carbocycles. The molecule has 1 amide bonds. The van der Waals surface area contributed by atoms with Crippen LogP contribution in [0.25, 0.3) is 0 Å². The number of aromatic nitrogens is 2. The minimum absolute atomic E-state index is 0.277. The Labute approximate surface area is 205 Å². The highest BCUT2D eigenvalue weighted by Crippen LogP contribution is 2.31. The molecule has 1 N–H and O–H groups in total. The van der Waals surface area contributed by atoms with E-state index in [1.807, 2.05) is 42.5 Å². The second-order valence-corrected chi connectivity index (χ2v) is 9.50. The number of thioether (sulfide) groups is 1. The highest BCUT2D eigenvalue weighted by Gasteiger charge is 2.17. The standard InChI is InChI=1S/C25H19ClFN3OS2/c26-19-8-12-21(13-9-19)33-22-15-29-25(32-16-18-6-10-20(27)11-7-18)30-23(22)24(31)28-14-17-4-2-1-3-5-17/h1-13,15H,14,16H2,(H,28,31). The third kappa shape index (κ3) is 6.81. The van der Waals surface area contributed by atoms with Crippen LogP contribution in [0.4, 0.5) is 4.39 Å². The number of rotatable bonds is 8. The van der Waals surface area contributed by atoms with Gasteiger partial charge in [0.2, 0.25) is 0 Å². The van der Waals surface area contributed by atoms with E-state index in [1.165, 1.54) is 35.7 Å². The zero-order valence-corrected chi connectivity index (χ0v) is 19.8. The lowest BCUT2D eigenvalue weighted by atomic mass is 10.2. The van der Waals surface area contributed by atoms with Crippen LogP contribution >= 0.6 is 35.1 Å². The average molecular weight is 496 g/mol. The summed E-state index contributed by atoms with van der Waals surface area (Å²) in [6.07, 6.45) is 1.66. The highest BCUT2D eigenvalue weighted by molar-refractivity contribution is 7.99. The molecule has 1 aromatic heterocycles. The molecular weight excluding hydrogens is 477 g/mol. The smallest absolute Gasteiger partial charge is 0.271 e. The number of halogens is 2. The van der Waals surface area contributed by atoms with Gasteiger partial charge in [0.25, 0.3) is 5.91 Å². The SMILES string of the molecule is O=C(NCc1ccccc1)c1nc(SCc2ccc(F)cc2)ncc1Sc1ccc(Cl)cc1. The molecule has 0 fully saturated rings. The zero-order valence-electron chi connectivity index (χ0n) is 17.4. The summed E-state index contributed by atoms with van der Waals surface area (Å²) in [4.78, 5) is 23.6. The van der Waals surface area contributed by atoms with E-state index in [-0.39, 0.29) is 11.7 Å². The van der Waals surface area contributed by atoms with Gasteiger partial charge in [-0.05, 0) is 47.5 Å². The summed E-state index contributed by atoms with van der Waals surface area (Å²) in [6, 6.07) is 23.3. The van der Waals surface area contributed by atoms with Gasteiger partial charge in [-0.3, -0.25) is 4.79 Å². The number of nitrogens with zero attached hydrogens (tertiary/aromatic N) is 2. The lowest BCUT2D eigenvalue weighted by Gasteiger charge is -2.11. The minimum atomic E-state index is -0.277. The first-order valence-electron chi connectivity index (χ1n) is 10.1. The molecule has 4 aromatic rings. The Kier molecular flexibility index (Phi) is 7.99. The van der Waals surface area contributed by atoms with Gasteiger partial charge in [-0.1, -0.05) is 77.6 Å². The molecule has 0 saturated heterocycles. The van der Waals surface area contributed by atoms with E-state index in [9.17, 15) is 9.18 Å². The summed E-state index contributed by atoms with van der Waals surface area (Å²) in [5, 5.41) is 4.06. The molecule has 1 heterocycles. The Balaban J connectivity index is 1.54. The van der Waals surface area contributed by atoms with E-state index in [0.29, 0.717) is 33.1 Å². The number of benzene rings is 3. The summed E-state index contributed by atoms with van der Waals surface area (Å²) >= 11 is 8.78. The Morgan fingerprint density at radius 2 is 1.67 bits per heavy atom. The van der Waals surface area contributed by atoms with Crippen LogP contribution in [0.15, 0.2) is 100 Å². The maximum atomic E-state index is 13.1. The number of carbonyl (C=O) groups is 1. The van der Waals surface area contributed by atoms with Gasteiger partial charge in [0.05, 0.1) is 4.90 Å². The maximum absolute atomic E-state index is 13.1. The Morgan fingerprint density at radius 3 is 2.39 bits per heavy atom. The van der Waals surface area contributed by atoms with Gasteiger partial charge >= 0.3 is 0 Å². The van der Waals surface area contributed by atoms with Crippen LogP contribution in [0.2, 0.25) is 5.02 Å². The normalized spacial score (nSPS) is 10.7. The van der Waals surface area contributed by atoms with Gasteiger partial charge in [0.1, 0.15) is 11.5 Å². The minimum Gasteiger partial charge on any atom is -0.347 e. The van der Waals surface area contributed by atoms with Gasteiger partial charge in [0.15, 0.2) is 5.16 Å². The third-order valence-electron chi connectivity index (χ3n) is 4.57. The monoisotopic (exact) mass is 495 g/mol. The van der Waals surface area contributed by atoms with Crippen LogP contribution in [-0.4, -0.2) is 15.9 Å². The Hall–Kier alpha value is -2.87. The number of carbonyl (C=O) groups excluding carboxylic acids is 1. The number of hydrogen-bond donors (Lipinski definition) is 1. The lowest BCUT2D eigenvalue weighted by Crippen LogP contribution is -2.25. The third-order valence-corrected chi connectivity index (χ3v) is 6.78. The second kappa shape index (κ2) is 11.3. The molecule has 0 aliphatic rings. The Morgan fingerprint density at radius 1 is 0.939 bits per heavy atom. The molecule has 8 heteroatoms. The van der Waals surface area contributed by atoms with E-state index in [4.69, 9.17) is 11.6 Å². The van der Waals surface area contributed by atoms with Crippen molar-refractivity contribution in [1.82, 2.24) is 15.3 Å². The first-order valence-corrected chi connectivity index (χ1v) is 12.2. The molecule has 33 heavy (non-hydrogen) atoms. The first-order chi connectivity index (χ1) is 16.1. The fourth-order valence-electron chi connectivity index (χ4n) is 2.88. The highest BCUT2D eigenvalue weighted by atomic mass is 35.5. The van der Waals surface area contributed by atoms with Crippen molar-refractivity contribution in [3.05, 3.63) is 113 Å². The topological polar surface area (TPSA) is 54.9 Å². The second-order valence-electron chi connectivity index (χ2n) is 7.00. The van der Waals surface area contributed by atoms with Crippen molar-refractivity contribution in [1.29, 1.82) is 0 Å². The molecule has 0 saturated carbocycles. The largest absolute Gasteiger partial charge is 0.347 e. The quantitative estimate of drug-likeness (QED) is 0.219. The molecule has 0 atom stereocenters. The van der Waals surface area contributed by atoms with Crippen LogP contribution < -0.4 is 5.32 Å². The van der Waals surface area contributed by atoms with Crippen LogP contribution in [0, 0.1) is 5.82 Å². The van der Waals surface area contributed by atoms with Crippen molar-refractivity contribution in [3.8, 4) is 0 Å². The molecular formula is C25H19ClFN3OS2. The van der Waals surface area contributed by atoms with Gasteiger partial charge < -0.3 is 5.32 Å². The average Bonchev–Trinajstić information content (AvgIpc) is 2.85. The summed E-state index contributed by atoms with van der Waals surface area (Å²) in [5.74, 6) is 0.0111. The number of hydrogen-bond acceptors (Lipinski definition) is 5. The summed E-state index contributed by atoms with van der Waals surface area (Å²) < 4.78 is 13.1. The van der Waals surface area contributed by atoms with Gasteiger partial charge in [-0.15, -0.1) is 0 Å². The molecule has 4 rings (SSSR count). The van der Waals surface area contributed by atoms with Crippen LogP contribution in [0.1, 0.15) is 21.6 Å². The molecule has 4 nitrogen and oxygen atoms in total. The maximum Gasteiger partial charge on any atom is 0.271 e. The molecule has 0 aliphatic heterocycles. The van der Waals surface area contributed by atoms with E-state index in [2.05, 4.69) is 15.3 Å². The van der Waals surface area contributed by atoms with E-state index in [1.54, 1.807) is 30.5 Å². The predicted molar refractivity (Wildman–Crippen MR) is 131 cm³/mol. The summed E-state index contributed by atoms with van der Waals surface area (Å²) in [7, 11) is 0. The summed E-state index contributed by atoms with van der Waals surface area (Å²) in [6.45, 7) is 0.396. The van der Waals surface area contributed by atoms with Crippen molar-refractivity contribution in [2.75, 3.05) is 0 Å². The molecule has 0 bridgehead atoms. The molecule has 0 unspecified atom stereocenters. The first kappa shape index (κ1) is 23.3. The van der Waals surface area contributed by atoms with Gasteiger partial charge in [-0.2, -0.15) is 0 Å². The van der Waals surface area contributed by atoms with E-state index < -0.39 is 0 Å². The van der Waals surface area contributed by atoms with Gasteiger partial charge in [-0.25, -0.2) is 14.4 Å². The fraction of sp³-hybridized carbons (Fsp3) is 0.0800. The van der Waals surface area contributed by atoms with Gasteiger partial charge in [0, 0.05) is 28.4 Å². The molecule has 0 radical (unpaired) electrons. The molecule has 0 spiro atoms. The molecule has 166 valence electrons. The van der Waals surface area contributed by atoms with E-state index >= 15 is 0 Å². The van der Waals surface area contributed by atoms with E-state index in [0.717, 1.165) is 16.0 Å². The summed E-state index contributed by atoms with van der Waals surface area (Å²) in [5.41, 5.74) is 2.25. The Bertz CT molecular complexity index is 1220. The van der Waals surface area contributed by atoms with Crippen molar-refractivity contribution < 1.29 is 9.18 Å². The van der Waals surface area contributed by atoms with Crippen LogP contribution in [0.5, 0.6) is 0 Å². The zero-order chi connectivity index (χ0) is 23.0. The van der Waals surface area contributed by atoms with Crippen molar-refractivity contribution in [3.63, 3.8) is 0 Å². The molecule has 3 aromatic carbocycles. The van der Waals surface area contributed by atoms with Crippen LogP contribution in [0.3, 0.4) is 0 Å². The predicted octanol–water partition coefficient (Wildman–Crippen LogP) is 6.64. The van der Waals surface area contributed by atoms with Crippen LogP contribution in [-0.2, 0) is 12.3 Å². The van der Waals surface area contributed by atoms with Crippen molar-refractivity contribution in [2.24, 2.45) is 0 Å².